The van der Waals surface area contributed by atoms with Crippen LogP contribution in [0.1, 0.15) is 52.9 Å². The van der Waals surface area contributed by atoms with Gasteiger partial charge in [-0.2, -0.15) is 0 Å². The van der Waals surface area contributed by atoms with Gasteiger partial charge in [0, 0.05) is 31.3 Å². The molecule has 2 rings (SSSR count). The molecule has 26 heavy (non-hydrogen) atoms. The summed E-state index contributed by atoms with van der Waals surface area (Å²) < 4.78 is 5.50. The van der Waals surface area contributed by atoms with Crippen LogP contribution in [0.15, 0.2) is 4.99 Å². The van der Waals surface area contributed by atoms with Crippen LogP contribution in [0.4, 0.5) is 0 Å². The van der Waals surface area contributed by atoms with Crippen molar-refractivity contribution in [3.05, 3.63) is 0 Å². The minimum atomic E-state index is -0.550. The Labute approximate surface area is 176 Å². The van der Waals surface area contributed by atoms with Crippen molar-refractivity contribution in [3.63, 3.8) is 0 Å². The number of hydrogen-bond acceptors (Lipinski definition) is 4. The fourth-order valence-corrected chi connectivity index (χ4v) is 3.94. The average Bonchev–Trinajstić information content (AvgIpc) is 2.53. The third-order valence-electron chi connectivity index (χ3n) is 5.25. The lowest BCUT2D eigenvalue weighted by Crippen LogP contribution is -2.56. The van der Waals surface area contributed by atoms with Crippen LogP contribution in [-0.4, -0.2) is 73.5 Å². The minimum absolute atomic E-state index is 0. The summed E-state index contributed by atoms with van der Waals surface area (Å²) in [6.07, 6.45) is 5.79. The summed E-state index contributed by atoms with van der Waals surface area (Å²) in [5, 5.41) is 17.0. The van der Waals surface area contributed by atoms with Gasteiger partial charge in [-0.15, -0.1) is 24.0 Å². The molecule has 2 aliphatic heterocycles. The normalized spacial score (nSPS) is 27.8. The molecule has 0 radical (unpaired) electrons. The molecule has 0 amide bonds. The Balaban J connectivity index is 0.00000338. The number of nitrogens with zero attached hydrogens (tertiary/aromatic N) is 2. The molecule has 3 unspecified atom stereocenters. The zero-order valence-electron chi connectivity index (χ0n) is 16.9. The van der Waals surface area contributed by atoms with E-state index in [1.807, 2.05) is 0 Å². The van der Waals surface area contributed by atoms with Gasteiger partial charge in [-0.05, 0) is 45.6 Å². The highest BCUT2D eigenvalue weighted by Crippen LogP contribution is 2.32. The van der Waals surface area contributed by atoms with Crippen LogP contribution in [-0.2, 0) is 4.74 Å². The Morgan fingerprint density at radius 3 is 2.46 bits per heavy atom. The average molecular weight is 482 g/mol. The Kier molecular flexibility index (Phi) is 11.4. The molecule has 2 heterocycles. The number of piperidine rings is 2. The van der Waals surface area contributed by atoms with E-state index in [1.54, 1.807) is 0 Å². The summed E-state index contributed by atoms with van der Waals surface area (Å²) >= 11 is 0. The van der Waals surface area contributed by atoms with Gasteiger partial charge in [0.05, 0.1) is 19.3 Å². The number of hydrogen-bond donors (Lipinski definition) is 3. The maximum absolute atomic E-state index is 10.1. The topological polar surface area (TPSA) is 69.1 Å². The van der Waals surface area contributed by atoms with Gasteiger partial charge < -0.3 is 25.4 Å². The molecule has 0 saturated carbocycles. The molecule has 2 bridgehead atoms. The second kappa shape index (κ2) is 12.4. The highest BCUT2D eigenvalue weighted by molar-refractivity contribution is 14.0. The van der Waals surface area contributed by atoms with Crippen molar-refractivity contribution in [1.82, 2.24) is 15.5 Å². The Hall–Kier alpha value is -0.120. The molecule has 0 aromatic heterocycles. The summed E-state index contributed by atoms with van der Waals surface area (Å²) in [4.78, 5) is 7.14. The number of fused-ring (bicyclic) bond motifs is 2. The summed E-state index contributed by atoms with van der Waals surface area (Å²) in [7, 11) is 2.28. The van der Waals surface area contributed by atoms with Crippen LogP contribution >= 0.6 is 24.0 Å². The van der Waals surface area contributed by atoms with Crippen LogP contribution in [0.3, 0.4) is 0 Å². The number of aliphatic hydroxyl groups excluding tert-OH is 1. The fourth-order valence-electron chi connectivity index (χ4n) is 3.94. The molecule has 154 valence electrons. The van der Waals surface area contributed by atoms with Crippen LogP contribution < -0.4 is 10.6 Å². The van der Waals surface area contributed by atoms with Gasteiger partial charge in [0.15, 0.2) is 5.96 Å². The zero-order valence-corrected chi connectivity index (χ0v) is 19.2. The summed E-state index contributed by atoms with van der Waals surface area (Å²) in [5.74, 6) is 1.30. The molecule has 7 heteroatoms. The maximum atomic E-state index is 10.1. The monoisotopic (exact) mass is 482 g/mol. The van der Waals surface area contributed by atoms with E-state index in [0.717, 1.165) is 12.5 Å². The lowest BCUT2D eigenvalue weighted by atomic mass is 9.82. The van der Waals surface area contributed by atoms with E-state index < -0.39 is 6.10 Å². The van der Waals surface area contributed by atoms with Crippen LogP contribution in [0.2, 0.25) is 0 Å². The standard InChI is InChI=1S/C19H38N4O2.HI/c1-5-20-19(21-11-18(24)13-25-12-14(2)3)22-15-9-16-7-6-8-17(10-15)23(16)4;/h14-18,24H,5-13H2,1-4H3,(H2,20,21,22);1H. The molecule has 0 aromatic rings. The number of rotatable bonds is 8. The largest absolute Gasteiger partial charge is 0.389 e. The van der Waals surface area contributed by atoms with E-state index in [1.165, 1.54) is 32.1 Å². The summed E-state index contributed by atoms with van der Waals surface area (Å²) in [5.41, 5.74) is 0. The minimum Gasteiger partial charge on any atom is -0.389 e. The molecule has 0 aromatic carbocycles. The third kappa shape index (κ3) is 7.86. The van der Waals surface area contributed by atoms with Crippen molar-refractivity contribution in [1.29, 1.82) is 0 Å². The molecule has 0 aliphatic carbocycles. The van der Waals surface area contributed by atoms with Crippen LogP contribution in [0.5, 0.6) is 0 Å². The highest BCUT2D eigenvalue weighted by Gasteiger charge is 2.36. The van der Waals surface area contributed by atoms with Gasteiger partial charge in [0.25, 0.3) is 0 Å². The molecular formula is C19H39IN4O2. The number of halogens is 1. The van der Waals surface area contributed by atoms with Crippen molar-refractivity contribution >= 4 is 29.9 Å². The summed E-state index contributed by atoms with van der Waals surface area (Å²) in [6.45, 7) is 8.50. The molecule has 6 nitrogen and oxygen atoms in total. The Bertz CT molecular complexity index is 408. The first-order valence-corrected chi connectivity index (χ1v) is 10.0. The molecule has 0 spiro atoms. The first kappa shape index (κ1) is 23.9. The van der Waals surface area contributed by atoms with E-state index in [4.69, 9.17) is 4.74 Å². The van der Waals surface area contributed by atoms with Crippen LogP contribution in [0, 0.1) is 5.92 Å². The number of guanidine groups is 1. The number of aliphatic imine (C=N–C) groups is 1. The molecule has 3 N–H and O–H groups in total. The highest BCUT2D eigenvalue weighted by atomic mass is 127. The number of aliphatic hydroxyl groups is 1. The lowest BCUT2D eigenvalue weighted by Gasteiger charge is -2.47. The maximum Gasteiger partial charge on any atom is 0.191 e. The van der Waals surface area contributed by atoms with Crippen molar-refractivity contribution < 1.29 is 9.84 Å². The quantitative estimate of drug-likeness (QED) is 0.281. The third-order valence-corrected chi connectivity index (χ3v) is 5.25. The van der Waals surface area contributed by atoms with E-state index in [0.29, 0.717) is 43.8 Å². The molecule has 2 saturated heterocycles. The van der Waals surface area contributed by atoms with Crippen molar-refractivity contribution in [3.8, 4) is 0 Å². The predicted molar refractivity (Wildman–Crippen MR) is 118 cm³/mol. The smallest absolute Gasteiger partial charge is 0.191 e. The van der Waals surface area contributed by atoms with E-state index in [9.17, 15) is 5.11 Å². The zero-order chi connectivity index (χ0) is 18.2. The van der Waals surface area contributed by atoms with Crippen LogP contribution in [0.25, 0.3) is 0 Å². The molecule has 3 atom stereocenters. The van der Waals surface area contributed by atoms with E-state index in [-0.39, 0.29) is 24.0 Å². The predicted octanol–water partition coefficient (Wildman–Crippen LogP) is 2.21. The van der Waals surface area contributed by atoms with Crippen molar-refractivity contribution in [2.24, 2.45) is 10.9 Å². The van der Waals surface area contributed by atoms with E-state index >= 15 is 0 Å². The van der Waals surface area contributed by atoms with E-state index in [2.05, 4.69) is 48.3 Å². The number of ether oxygens (including phenoxy) is 1. The van der Waals surface area contributed by atoms with Gasteiger partial charge in [-0.25, -0.2) is 0 Å². The van der Waals surface area contributed by atoms with Gasteiger partial charge >= 0.3 is 0 Å². The second-order valence-electron chi connectivity index (χ2n) is 8.02. The molecular weight excluding hydrogens is 443 g/mol. The SMILES string of the molecule is CCNC(=NCC(O)COCC(C)C)NC1CC2CCCC(C1)N2C.I. The first-order valence-electron chi connectivity index (χ1n) is 10.0. The molecule has 2 aliphatic rings. The summed E-state index contributed by atoms with van der Waals surface area (Å²) in [6, 6.07) is 1.87. The van der Waals surface area contributed by atoms with Crippen molar-refractivity contribution in [2.45, 2.75) is 77.1 Å². The van der Waals surface area contributed by atoms with Gasteiger partial charge in [0.1, 0.15) is 0 Å². The Morgan fingerprint density at radius 1 is 1.23 bits per heavy atom. The first-order chi connectivity index (χ1) is 12.0. The number of nitrogens with one attached hydrogen (secondary N) is 2. The van der Waals surface area contributed by atoms with Gasteiger partial charge in [0.2, 0.25) is 0 Å². The lowest BCUT2D eigenvalue weighted by molar-refractivity contribution is 0.0300. The van der Waals surface area contributed by atoms with Gasteiger partial charge in [-0.1, -0.05) is 20.3 Å². The Morgan fingerprint density at radius 2 is 1.88 bits per heavy atom. The molecule has 2 fully saturated rings. The van der Waals surface area contributed by atoms with Crippen molar-refractivity contribution in [2.75, 3.05) is 33.4 Å². The fraction of sp³-hybridized carbons (Fsp3) is 0.947. The second-order valence-corrected chi connectivity index (χ2v) is 8.02. The van der Waals surface area contributed by atoms with Gasteiger partial charge in [-0.3, -0.25) is 4.99 Å².